The number of hydrogen-bond donors (Lipinski definition) is 3. The third-order valence-corrected chi connectivity index (χ3v) is 4.38. The number of primary amides is 1. The number of amides is 1. The van der Waals surface area contributed by atoms with Crippen LogP contribution in [0.3, 0.4) is 0 Å². The Morgan fingerprint density at radius 2 is 2.00 bits per heavy atom. The maximum atomic E-state index is 11.7. The predicted octanol–water partition coefficient (Wildman–Crippen LogP) is 2.27. The minimum atomic E-state index is -0.747. The Morgan fingerprint density at radius 1 is 1.25 bits per heavy atom. The Bertz CT molecular complexity index is 952. The average Bonchev–Trinajstić information content (AvgIpc) is 2.96. The van der Waals surface area contributed by atoms with Gasteiger partial charge in [0, 0.05) is 16.6 Å². The summed E-state index contributed by atoms with van der Waals surface area (Å²) < 4.78 is 0. The standard InChI is InChI=1S/C16H15N5O2S/c1-7-3-4-9(22)5-10(7)12-11(17)13(14(18)23)21-15(20-12)16-19-6-8(2)24-16/h3-6,22H,17H2,1-2H3,(H2,18,23). The highest BCUT2D eigenvalue weighted by atomic mass is 32.1. The molecule has 0 spiro atoms. The Labute approximate surface area is 142 Å². The van der Waals surface area contributed by atoms with Gasteiger partial charge in [-0.2, -0.15) is 0 Å². The summed E-state index contributed by atoms with van der Waals surface area (Å²) >= 11 is 1.40. The van der Waals surface area contributed by atoms with Crippen LogP contribution >= 0.6 is 11.3 Å². The maximum absolute atomic E-state index is 11.7. The Balaban J connectivity index is 2.30. The number of aromatic hydroxyl groups is 1. The molecule has 2 aromatic heterocycles. The molecule has 3 rings (SSSR count). The van der Waals surface area contributed by atoms with Gasteiger partial charge in [-0.1, -0.05) is 6.07 Å². The molecular formula is C16H15N5O2S. The Kier molecular flexibility index (Phi) is 3.90. The molecule has 24 heavy (non-hydrogen) atoms. The van der Waals surface area contributed by atoms with Crippen LogP contribution in [0.5, 0.6) is 5.75 Å². The van der Waals surface area contributed by atoms with Crippen LogP contribution in [-0.2, 0) is 0 Å². The van der Waals surface area contributed by atoms with Crippen molar-refractivity contribution in [1.29, 1.82) is 0 Å². The van der Waals surface area contributed by atoms with Gasteiger partial charge in [-0.25, -0.2) is 15.0 Å². The molecule has 0 aliphatic heterocycles. The summed E-state index contributed by atoms with van der Waals surface area (Å²) in [5.41, 5.74) is 13.3. The zero-order valence-corrected chi connectivity index (χ0v) is 13.9. The van der Waals surface area contributed by atoms with Crippen molar-refractivity contribution in [1.82, 2.24) is 15.0 Å². The summed E-state index contributed by atoms with van der Waals surface area (Å²) in [6.45, 7) is 3.77. The van der Waals surface area contributed by atoms with Gasteiger partial charge in [0.15, 0.2) is 16.5 Å². The quantitative estimate of drug-likeness (QED) is 0.670. The molecule has 122 valence electrons. The second kappa shape index (κ2) is 5.89. The molecule has 0 radical (unpaired) electrons. The number of aromatic nitrogens is 3. The van der Waals surface area contributed by atoms with Gasteiger partial charge in [0.25, 0.3) is 5.91 Å². The van der Waals surface area contributed by atoms with Crippen LogP contribution in [0.15, 0.2) is 24.4 Å². The van der Waals surface area contributed by atoms with E-state index < -0.39 is 5.91 Å². The number of hydrogen-bond acceptors (Lipinski definition) is 7. The van der Waals surface area contributed by atoms with Crippen molar-refractivity contribution in [3.8, 4) is 27.8 Å². The molecule has 8 heteroatoms. The number of thiazole rings is 1. The third kappa shape index (κ3) is 2.79. The topological polar surface area (TPSA) is 128 Å². The lowest BCUT2D eigenvalue weighted by Crippen LogP contribution is -2.18. The highest BCUT2D eigenvalue weighted by Gasteiger charge is 2.20. The average molecular weight is 341 g/mol. The molecule has 0 aliphatic carbocycles. The number of carbonyl (C=O) groups is 1. The van der Waals surface area contributed by atoms with Gasteiger partial charge in [-0.3, -0.25) is 4.79 Å². The number of carbonyl (C=O) groups excluding carboxylic acids is 1. The largest absolute Gasteiger partial charge is 0.508 e. The SMILES string of the molecule is Cc1cnc(-c2nc(C(N)=O)c(N)c(-c3cc(O)ccc3C)n2)s1. The molecule has 0 aliphatic rings. The summed E-state index contributed by atoms with van der Waals surface area (Å²) in [5, 5.41) is 10.3. The summed E-state index contributed by atoms with van der Waals surface area (Å²) in [5.74, 6) is -0.404. The number of nitrogen functional groups attached to an aromatic ring is 1. The van der Waals surface area contributed by atoms with E-state index in [1.165, 1.54) is 17.4 Å². The van der Waals surface area contributed by atoms with E-state index in [9.17, 15) is 9.90 Å². The van der Waals surface area contributed by atoms with Gasteiger partial charge in [0.1, 0.15) is 5.75 Å². The molecule has 3 aromatic rings. The van der Waals surface area contributed by atoms with Crippen molar-refractivity contribution in [2.75, 3.05) is 5.73 Å². The van der Waals surface area contributed by atoms with E-state index in [4.69, 9.17) is 11.5 Å². The van der Waals surface area contributed by atoms with Crippen LogP contribution in [0.2, 0.25) is 0 Å². The number of phenolic OH excluding ortho intramolecular Hbond substituents is 1. The van der Waals surface area contributed by atoms with Crippen LogP contribution in [0.1, 0.15) is 20.9 Å². The van der Waals surface area contributed by atoms with Crippen LogP contribution in [-0.4, -0.2) is 26.0 Å². The molecule has 0 unspecified atom stereocenters. The lowest BCUT2D eigenvalue weighted by Gasteiger charge is -2.12. The van der Waals surface area contributed by atoms with Crippen LogP contribution in [0.4, 0.5) is 5.69 Å². The van der Waals surface area contributed by atoms with E-state index in [1.54, 1.807) is 18.3 Å². The van der Waals surface area contributed by atoms with E-state index in [0.29, 0.717) is 16.3 Å². The van der Waals surface area contributed by atoms with Crippen molar-refractivity contribution in [2.24, 2.45) is 5.73 Å². The van der Waals surface area contributed by atoms with E-state index in [1.807, 2.05) is 13.8 Å². The number of benzene rings is 1. The van der Waals surface area contributed by atoms with Crippen molar-refractivity contribution in [3.63, 3.8) is 0 Å². The number of nitrogens with two attached hydrogens (primary N) is 2. The van der Waals surface area contributed by atoms with Gasteiger partial charge in [-0.15, -0.1) is 11.3 Å². The second-order valence-electron chi connectivity index (χ2n) is 5.30. The van der Waals surface area contributed by atoms with Gasteiger partial charge in [0.2, 0.25) is 0 Å². The first-order valence-electron chi connectivity index (χ1n) is 7.07. The maximum Gasteiger partial charge on any atom is 0.269 e. The second-order valence-corrected chi connectivity index (χ2v) is 6.53. The molecule has 0 saturated carbocycles. The minimum absolute atomic E-state index is 0.0643. The summed E-state index contributed by atoms with van der Waals surface area (Å²) in [6, 6.07) is 4.84. The molecule has 7 nitrogen and oxygen atoms in total. The highest BCUT2D eigenvalue weighted by molar-refractivity contribution is 7.14. The van der Waals surface area contributed by atoms with E-state index in [0.717, 1.165) is 10.4 Å². The lowest BCUT2D eigenvalue weighted by atomic mass is 10.0. The van der Waals surface area contributed by atoms with E-state index >= 15 is 0 Å². The number of anilines is 1. The first-order chi connectivity index (χ1) is 11.4. The predicted molar refractivity (Wildman–Crippen MR) is 92.6 cm³/mol. The molecular weight excluding hydrogens is 326 g/mol. The Morgan fingerprint density at radius 3 is 2.62 bits per heavy atom. The highest BCUT2D eigenvalue weighted by Crippen LogP contribution is 2.33. The molecule has 0 saturated heterocycles. The number of aryl methyl sites for hydroxylation is 2. The zero-order valence-electron chi connectivity index (χ0n) is 13.1. The smallest absolute Gasteiger partial charge is 0.269 e. The number of phenols is 1. The van der Waals surface area contributed by atoms with E-state index in [-0.39, 0.29) is 23.0 Å². The summed E-state index contributed by atoms with van der Waals surface area (Å²) in [6.07, 6.45) is 1.70. The van der Waals surface area contributed by atoms with Crippen LogP contribution in [0, 0.1) is 13.8 Å². The van der Waals surface area contributed by atoms with Gasteiger partial charge in [-0.05, 0) is 31.5 Å². The van der Waals surface area contributed by atoms with Crippen molar-refractivity contribution < 1.29 is 9.90 Å². The summed E-state index contributed by atoms with van der Waals surface area (Å²) in [7, 11) is 0. The lowest BCUT2D eigenvalue weighted by molar-refractivity contribution is 0.0996. The molecule has 0 bridgehead atoms. The molecule has 0 atom stereocenters. The number of nitrogens with zero attached hydrogens (tertiary/aromatic N) is 3. The molecule has 1 aromatic carbocycles. The third-order valence-electron chi connectivity index (χ3n) is 3.47. The van der Waals surface area contributed by atoms with Gasteiger partial charge >= 0.3 is 0 Å². The molecule has 0 fully saturated rings. The summed E-state index contributed by atoms with van der Waals surface area (Å²) in [4.78, 5) is 25.6. The van der Waals surface area contributed by atoms with Crippen molar-refractivity contribution >= 4 is 22.9 Å². The van der Waals surface area contributed by atoms with Gasteiger partial charge < -0.3 is 16.6 Å². The zero-order chi connectivity index (χ0) is 17.4. The fourth-order valence-corrected chi connectivity index (χ4v) is 2.98. The van der Waals surface area contributed by atoms with Crippen LogP contribution in [0.25, 0.3) is 22.1 Å². The fourth-order valence-electron chi connectivity index (χ4n) is 2.28. The van der Waals surface area contributed by atoms with Crippen LogP contribution < -0.4 is 11.5 Å². The van der Waals surface area contributed by atoms with Gasteiger partial charge in [0.05, 0.1) is 11.4 Å². The molecule has 2 heterocycles. The fraction of sp³-hybridized carbons (Fsp3) is 0.125. The van der Waals surface area contributed by atoms with Crippen molar-refractivity contribution in [2.45, 2.75) is 13.8 Å². The van der Waals surface area contributed by atoms with E-state index in [2.05, 4.69) is 15.0 Å². The minimum Gasteiger partial charge on any atom is -0.508 e. The first-order valence-corrected chi connectivity index (χ1v) is 7.88. The molecule has 5 N–H and O–H groups in total. The first kappa shape index (κ1) is 15.9. The normalized spacial score (nSPS) is 10.8. The van der Waals surface area contributed by atoms with Crippen molar-refractivity contribution in [3.05, 3.63) is 40.5 Å². The number of rotatable bonds is 3. The molecule has 1 amide bonds. The Hall–Kier alpha value is -3.00. The monoisotopic (exact) mass is 341 g/mol.